The molecule has 1 saturated carbocycles. The summed E-state index contributed by atoms with van der Waals surface area (Å²) in [6.07, 6.45) is 4.12. The van der Waals surface area contributed by atoms with Gasteiger partial charge >= 0.3 is 0 Å². The number of amides is 1. The van der Waals surface area contributed by atoms with E-state index in [-0.39, 0.29) is 5.91 Å². The average molecular weight is 295 g/mol. The van der Waals surface area contributed by atoms with Crippen LogP contribution >= 0.6 is 0 Å². The van der Waals surface area contributed by atoms with Crippen LogP contribution in [-0.4, -0.2) is 26.3 Å². The lowest BCUT2D eigenvalue weighted by molar-refractivity contribution is -0.114. The van der Waals surface area contributed by atoms with E-state index in [9.17, 15) is 4.79 Å². The molecule has 6 heteroatoms. The fourth-order valence-electron chi connectivity index (χ4n) is 2.95. The molecule has 1 aliphatic rings. The molecule has 1 amide bonds. The van der Waals surface area contributed by atoms with Crippen molar-refractivity contribution in [1.29, 1.82) is 0 Å². The van der Waals surface area contributed by atoms with Gasteiger partial charge < -0.3 is 5.32 Å². The number of aryl methyl sites for hydroxylation is 1. The van der Waals surface area contributed by atoms with Crippen molar-refractivity contribution in [3.63, 3.8) is 0 Å². The van der Waals surface area contributed by atoms with Gasteiger partial charge in [0.25, 0.3) is 0 Å². The third kappa shape index (κ3) is 2.07. The zero-order valence-corrected chi connectivity index (χ0v) is 12.5. The number of H-pyrrole nitrogens is 2. The number of aromatic nitrogens is 4. The van der Waals surface area contributed by atoms with Gasteiger partial charge in [-0.3, -0.25) is 15.0 Å². The second-order valence-electron chi connectivity index (χ2n) is 5.92. The molecule has 1 fully saturated rings. The van der Waals surface area contributed by atoms with Gasteiger partial charge in [-0.15, -0.1) is 0 Å². The Kier molecular flexibility index (Phi) is 2.79. The third-order valence-corrected chi connectivity index (χ3v) is 4.10. The Morgan fingerprint density at radius 2 is 2.14 bits per heavy atom. The molecule has 1 aliphatic carbocycles. The summed E-state index contributed by atoms with van der Waals surface area (Å²) in [6.45, 7) is 3.54. The van der Waals surface area contributed by atoms with E-state index in [0.717, 1.165) is 39.1 Å². The number of carbonyl (C=O) groups excluding carboxylic acids is 1. The van der Waals surface area contributed by atoms with Gasteiger partial charge in [-0.05, 0) is 37.5 Å². The standard InChI is InChI=1S/C16H17N5O/c1-8-15(16(21-19-8)10-3-4-10)11-5-13(18-9(2)22)12-7-17-20-14(12)6-11/h5-7,10H,3-4H2,1-2H3,(H,17,20)(H,18,22)(H,19,21). The number of anilines is 1. The summed E-state index contributed by atoms with van der Waals surface area (Å²) >= 11 is 0. The number of aromatic amines is 2. The van der Waals surface area contributed by atoms with E-state index in [1.807, 2.05) is 13.0 Å². The first-order valence-corrected chi connectivity index (χ1v) is 7.43. The number of rotatable bonds is 3. The molecule has 2 aromatic heterocycles. The van der Waals surface area contributed by atoms with Gasteiger partial charge in [0.1, 0.15) is 0 Å². The molecule has 0 bridgehead atoms. The van der Waals surface area contributed by atoms with E-state index in [2.05, 4.69) is 31.8 Å². The highest BCUT2D eigenvalue weighted by Crippen LogP contribution is 2.45. The Morgan fingerprint density at radius 3 is 2.86 bits per heavy atom. The van der Waals surface area contributed by atoms with E-state index in [0.29, 0.717) is 5.92 Å². The Hall–Kier alpha value is -2.63. The van der Waals surface area contributed by atoms with Crippen LogP contribution in [0.3, 0.4) is 0 Å². The summed E-state index contributed by atoms with van der Waals surface area (Å²) < 4.78 is 0. The van der Waals surface area contributed by atoms with Gasteiger partial charge in [-0.2, -0.15) is 10.2 Å². The maximum Gasteiger partial charge on any atom is 0.221 e. The van der Waals surface area contributed by atoms with Gasteiger partial charge in [-0.25, -0.2) is 0 Å². The fourth-order valence-corrected chi connectivity index (χ4v) is 2.95. The van der Waals surface area contributed by atoms with Crippen LogP contribution in [0.5, 0.6) is 0 Å². The summed E-state index contributed by atoms with van der Waals surface area (Å²) in [4.78, 5) is 11.5. The monoisotopic (exact) mass is 295 g/mol. The molecule has 0 radical (unpaired) electrons. The van der Waals surface area contributed by atoms with Crippen molar-refractivity contribution in [2.24, 2.45) is 0 Å². The van der Waals surface area contributed by atoms with Crippen LogP contribution in [-0.2, 0) is 4.79 Å². The van der Waals surface area contributed by atoms with Crippen molar-refractivity contribution in [2.45, 2.75) is 32.6 Å². The van der Waals surface area contributed by atoms with Gasteiger partial charge in [0.05, 0.1) is 23.1 Å². The molecule has 0 spiro atoms. The minimum absolute atomic E-state index is 0.0917. The first-order valence-electron chi connectivity index (χ1n) is 7.43. The zero-order chi connectivity index (χ0) is 15.3. The van der Waals surface area contributed by atoms with E-state index >= 15 is 0 Å². The second-order valence-corrected chi connectivity index (χ2v) is 5.92. The first-order chi connectivity index (χ1) is 10.6. The molecule has 0 saturated heterocycles. The molecule has 1 aromatic carbocycles. The van der Waals surface area contributed by atoms with Crippen LogP contribution in [0, 0.1) is 6.92 Å². The second kappa shape index (κ2) is 4.69. The maximum atomic E-state index is 11.5. The average Bonchev–Trinajstić information content (AvgIpc) is 3.06. The number of nitrogens with zero attached hydrogens (tertiary/aromatic N) is 2. The predicted octanol–water partition coefficient (Wildman–Crippen LogP) is 3.10. The number of fused-ring (bicyclic) bond motifs is 1. The predicted molar refractivity (Wildman–Crippen MR) is 84.7 cm³/mol. The van der Waals surface area contributed by atoms with Crippen LogP contribution in [0.4, 0.5) is 5.69 Å². The van der Waals surface area contributed by atoms with Crippen LogP contribution in [0.1, 0.15) is 37.1 Å². The fraction of sp³-hybridized carbons (Fsp3) is 0.312. The van der Waals surface area contributed by atoms with Crippen molar-refractivity contribution in [2.75, 3.05) is 5.32 Å². The molecule has 4 rings (SSSR count). The summed E-state index contributed by atoms with van der Waals surface area (Å²) in [6, 6.07) is 4.07. The summed E-state index contributed by atoms with van der Waals surface area (Å²) in [5.74, 6) is 0.465. The van der Waals surface area contributed by atoms with Crippen LogP contribution < -0.4 is 5.32 Å². The molecular weight excluding hydrogens is 278 g/mol. The van der Waals surface area contributed by atoms with E-state index < -0.39 is 0 Å². The molecule has 22 heavy (non-hydrogen) atoms. The topological polar surface area (TPSA) is 86.5 Å². The quantitative estimate of drug-likeness (QED) is 0.694. The van der Waals surface area contributed by atoms with Gasteiger partial charge in [0.2, 0.25) is 5.91 Å². The van der Waals surface area contributed by atoms with E-state index in [1.165, 1.54) is 19.8 Å². The molecule has 0 unspecified atom stereocenters. The lowest BCUT2D eigenvalue weighted by Crippen LogP contribution is -2.06. The van der Waals surface area contributed by atoms with Crippen LogP contribution in [0.15, 0.2) is 18.3 Å². The zero-order valence-electron chi connectivity index (χ0n) is 12.5. The summed E-state index contributed by atoms with van der Waals surface area (Å²) in [7, 11) is 0. The van der Waals surface area contributed by atoms with Crippen molar-refractivity contribution >= 4 is 22.5 Å². The van der Waals surface area contributed by atoms with Crippen molar-refractivity contribution < 1.29 is 4.79 Å². The highest BCUT2D eigenvalue weighted by molar-refractivity contribution is 6.02. The number of benzene rings is 1. The molecule has 2 heterocycles. The molecule has 6 nitrogen and oxygen atoms in total. The molecule has 0 atom stereocenters. The maximum absolute atomic E-state index is 11.5. The van der Waals surface area contributed by atoms with Crippen molar-refractivity contribution in [1.82, 2.24) is 20.4 Å². The molecule has 0 aliphatic heterocycles. The Morgan fingerprint density at radius 1 is 1.32 bits per heavy atom. The van der Waals surface area contributed by atoms with E-state index in [4.69, 9.17) is 0 Å². The van der Waals surface area contributed by atoms with E-state index in [1.54, 1.807) is 6.20 Å². The van der Waals surface area contributed by atoms with Gasteiger partial charge in [0, 0.05) is 29.5 Å². The minimum atomic E-state index is -0.0917. The lowest BCUT2D eigenvalue weighted by atomic mass is 9.99. The Balaban J connectivity index is 1.91. The number of nitrogens with one attached hydrogen (secondary N) is 3. The third-order valence-electron chi connectivity index (χ3n) is 4.10. The Bertz CT molecular complexity index is 872. The smallest absolute Gasteiger partial charge is 0.221 e. The SMILES string of the molecule is CC(=O)Nc1cc(-c2c(C3CC3)n[nH]c2C)cc2[nH]ncc12. The van der Waals surface area contributed by atoms with Crippen molar-refractivity contribution in [3.05, 3.63) is 29.7 Å². The van der Waals surface area contributed by atoms with Gasteiger partial charge in [-0.1, -0.05) is 0 Å². The number of hydrogen-bond acceptors (Lipinski definition) is 3. The highest BCUT2D eigenvalue weighted by atomic mass is 16.1. The Labute approximate surface area is 127 Å². The normalized spacial score (nSPS) is 14.5. The molecule has 112 valence electrons. The van der Waals surface area contributed by atoms with Crippen LogP contribution in [0.25, 0.3) is 22.0 Å². The summed E-state index contributed by atoms with van der Waals surface area (Å²) in [5, 5.41) is 18.4. The highest BCUT2D eigenvalue weighted by Gasteiger charge is 2.30. The largest absolute Gasteiger partial charge is 0.326 e. The number of hydrogen-bond donors (Lipinski definition) is 3. The lowest BCUT2D eigenvalue weighted by Gasteiger charge is -2.09. The van der Waals surface area contributed by atoms with Crippen molar-refractivity contribution in [3.8, 4) is 11.1 Å². The molecule has 3 aromatic rings. The number of carbonyl (C=O) groups is 1. The summed E-state index contributed by atoms with van der Waals surface area (Å²) in [5.41, 5.74) is 6.05. The molecular formula is C16H17N5O. The minimum Gasteiger partial charge on any atom is -0.326 e. The van der Waals surface area contributed by atoms with Gasteiger partial charge in [0.15, 0.2) is 0 Å². The molecule has 3 N–H and O–H groups in total. The van der Waals surface area contributed by atoms with Crippen LogP contribution in [0.2, 0.25) is 0 Å². The first kappa shape index (κ1) is 13.1.